The number of halogens is 1. The number of thiophene rings is 1. The molecular formula is C12H19ClN2S. The van der Waals surface area contributed by atoms with Crippen molar-refractivity contribution in [2.45, 2.75) is 31.8 Å². The number of hydrogen-bond acceptors (Lipinski definition) is 3. The van der Waals surface area contributed by atoms with Crippen molar-refractivity contribution >= 4 is 22.9 Å². The highest BCUT2D eigenvalue weighted by atomic mass is 35.5. The van der Waals surface area contributed by atoms with Gasteiger partial charge >= 0.3 is 0 Å². The van der Waals surface area contributed by atoms with Gasteiger partial charge in [-0.25, -0.2) is 0 Å². The fraction of sp³-hybridized carbons (Fsp3) is 0.667. The van der Waals surface area contributed by atoms with Crippen LogP contribution in [0.1, 0.15) is 31.4 Å². The third-order valence-electron chi connectivity index (χ3n) is 3.53. The van der Waals surface area contributed by atoms with Gasteiger partial charge in [0.05, 0.1) is 4.34 Å². The number of piperidine rings is 1. The monoisotopic (exact) mass is 258 g/mol. The van der Waals surface area contributed by atoms with Gasteiger partial charge in [-0.15, -0.1) is 11.3 Å². The van der Waals surface area contributed by atoms with E-state index in [0.717, 1.165) is 10.9 Å². The Balaban J connectivity index is 2.00. The summed E-state index contributed by atoms with van der Waals surface area (Å²) in [6, 6.07) is 3.19. The molecule has 1 aliphatic rings. The molecule has 1 N–H and O–H groups in total. The zero-order valence-corrected chi connectivity index (χ0v) is 11.4. The highest BCUT2D eigenvalue weighted by Gasteiger charge is 2.23. The van der Waals surface area contributed by atoms with Crippen molar-refractivity contribution < 1.29 is 0 Å². The van der Waals surface area contributed by atoms with Crippen LogP contribution in [0.3, 0.4) is 0 Å². The van der Waals surface area contributed by atoms with E-state index in [1.165, 1.54) is 24.9 Å². The van der Waals surface area contributed by atoms with Crippen molar-refractivity contribution in [3.05, 3.63) is 21.3 Å². The highest BCUT2D eigenvalue weighted by Crippen LogP contribution is 2.29. The predicted molar refractivity (Wildman–Crippen MR) is 71.4 cm³/mol. The van der Waals surface area contributed by atoms with Crippen LogP contribution in [-0.4, -0.2) is 31.1 Å². The molecule has 2 heterocycles. The van der Waals surface area contributed by atoms with E-state index >= 15 is 0 Å². The van der Waals surface area contributed by atoms with Gasteiger partial charge in [0.2, 0.25) is 0 Å². The van der Waals surface area contributed by atoms with Crippen molar-refractivity contribution in [1.29, 1.82) is 0 Å². The first-order valence-corrected chi connectivity index (χ1v) is 7.11. The Morgan fingerprint density at radius 2 is 2.44 bits per heavy atom. The maximum absolute atomic E-state index is 5.98. The Morgan fingerprint density at radius 3 is 3.00 bits per heavy atom. The van der Waals surface area contributed by atoms with E-state index in [-0.39, 0.29) is 0 Å². The molecule has 1 saturated heterocycles. The molecule has 1 aromatic rings. The first-order chi connectivity index (χ1) is 7.68. The molecule has 2 rings (SSSR count). The van der Waals surface area contributed by atoms with Crippen LogP contribution in [0.4, 0.5) is 0 Å². The SMILES string of the molecule is CC(c1csc(Cl)c1)N(C)C1CCCNC1. The summed E-state index contributed by atoms with van der Waals surface area (Å²) in [7, 11) is 2.22. The first kappa shape index (κ1) is 12.4. The van der Waals surface area contributed by atoms with Gasteiger partial charge in [0.25, 0.3) is 0 Å². The summed E-state index contributed by atoms with van der Waals surface area (Å²) in [6.07, 6.45) is 2.58. The van der Waals surface area contributed by atoms with E-state index in [1.807, 2.05) is 0 Å². The Hall–Kier alpha value is -0.0900. The van der Waals surface area contributed by atoms with Gasteiger partial charge in [0, 0.05) is 18.6 Å². The highest BCUT2D eigenvalue weighted by molar-refractivity contribution is 7.14. The summed E-state index contributed by atoms with van der Waals surface area (Å²) in [5.41, 5.74) is 1.34. The molecule has 0 aliphatic carbocycles. The van der Waals surface area contributed by atoms with Gasteiger partial charge in [0.1, 0.15) is 0 Å². The van der Waals surface area contributed by atoms with Crippen molar-refractivity contribution in [3.63, 3.8) is 0 Å². The topological polar surface area (TPSA) is 15.3 Å². The smallest absolute Gasteiger partial charge is 0.0931 e. The Labute approximate surface area is 107 Å². The molecule has 90 valence electrons. The van der Waals surface area contributed by atoms with Gasteiger partial charge < -0.3 is 5.32 Å². The number of nitrogens with one attached hydrogen (secondary N) is 1. The Kier molecular flexibility index (Phi) is 4.25. The van der Waals surface area contributed by atoms with Crippen LogP contribution >= 0.6 is 22.9 Å². The summed E-state index contributed by atoms with van der Waals surface area (Å²) in [5, 5.41) is 5.63. The minimum absolute atomic E-state index is 0.452. The average molecular weight is 259 g/mol. The average Bonchev–Trinajstić information content (AvgIpc) is 2.75. The van der Waals surface area contributed by atoms with Gasteiger partial charge in [-0.3, -0.25) is 4.90 Å². The van der Waals surface area contributed by atoms with E-state index < -0.39 is 0 Å². The summed E-state index contributed by atoms with van der Waals surface area (Å²) in [6.45, 7) is 4.54. The number of rotatable bonds is 3. The minimum Gasteiger partial charge on any atom is -0.315 e. The summed E-state index contributed by atoms with van der Waals surface area (Å²) < 4.78 is 0.886. The Morgan fingerprint density at radius 1 is 1.62 bits per heavy atom. The molecule has 1 aliphatic heterocycles. The fourth-order valence-electron chi connectivity index (χ4n) is 2.27. The lowest BCUT2D eigenvalue weighted by Crippen LogP contribution is -2.44. The first-order valence-electron chi connectivity index (χ1n) is 5.85. The molecule has 2 nitrogen and oxygen atoms in total. The maximum Gasteiger partial charge on any atom is 0.0931 e. The van der Waals surface area contributed by atoms with Crippen LogP contribution in [0.5, 0.6) is 0 Å². The van der Waals surface area contributed by atoms with E-state index in [1.54, 1.807) is 11.3 Å². The van der Waals surface area contributed by atoms with Crippen LogP contribution in [0, 0.1) is 0 Å². The van der Waals surface area contributed by atoms with E-state index in [0.29, 0.717) is 12.1 Å². The number of hydrogen-bond donors (Lipinski definition) is 1. The molecule has 0 bridgehead atoms. The van der Waals surface area contributed by atoms with Crippen molar-refractivity contribution in [2.75, 3.05) is 20.1 Å². The lowest BCUT2D eigenvalue weighted by atomic mass is 10.0. The zero-order valence-electron chi connectivity index (χ0n) is 9.87. The molecule has 1 fully saturated rings. The maximum atomic E-state index is 5.98. The Bertz CT molecular complexity index is 334. The molecule has 16 heavy (non-hydrogen) atoms. The summed E-state index contributed by atoms with van der Waals surface area (Å²) >= 11 is 7.60. The van der Waals surface area contributed by atoms with Crippen molar-refractivity contribution in [1.82, 2.24) is 10.2 Å². The second-order valence-electron chi connectivity index (χ2n) is 4.53. The molecule has 1 aromatic heterocycles. The van der Waals surface area contributed by atoms with Gasteiger partial charge in [0.15, 0.2) is 0 Å². The predicted octanol–water partition coefficient (Wildman–Crippen LogP) is 3.15. The lowest BCUT2D eigenvalue weighted by Gasteiger charge is -2.35. The molecule has 0 radical (unpaired) electrons. The minimum atomic E-state index is 0.452. The second kappa shape index (κ2) is 5.50. The molecular weight excluding hydrogens is 240 g/mol. The van der Waals surface area contributed by atoms with Crippen LogP contribution in [-0.2, 0) is 0 Å². The third-order valence-corrected chi connectivity index (χ3v) is 4.64. The molecule has 0 amide bonds. The van der Waals surface area contributed by atoms with E-state index in [4.69, 9.17) is 11.6 Å². The van der Waals surface area contributed by atoms with E-state index in [2.05, 4.69) is 35.6 Å². The largest absolute Gasteiger partial charge is 0.315 e. The summed E-state index contributed by atoms with van der Waals surface area (Å²) in [4.78, 5) is 2.46. The number of likely N-dealkylation sites (N-methyl/N-ethyl adjacent to an activating group) is 1. The number of nitrogens with zero attached hydrogens (tertiary/aromatic N) is 1. The standard InChI is InChI=1S/C12H19ClN2S/c1-9(10-6-12(13)16-8-10)15(2)11-4-3-5-14-7-11/h6,8-9,11,14H,3-5,7H2,1-2H3. The van der Waals surface area contributed by atoms with Crippen LogP contribution in [0.25, 0.3) is 0 Å². The molecule has 0 aromatic carbocycles. The van der Waals surface area contributed by atoms with Crippen molar-refractivity contribution in [3.8, 4) is 0 Å². The lowest BCUT2D eigenvalue weighted by molar-refractivity contribution is 0.156. The quantitative estimate of drug-likeness (QED) is 0.896. The van der Waals surface area contributed by atoms with E-state index in [9.17, 15) is 0 Å². The molecule has 2 atom stereocenters. The fourth-order valence-corrected chi connectivity index (χ4v) is 3.25. The van der Waals surface area contributed by atoms with Gasteiger partial charge in [-0.2, -0.15) is 0 Å². The summed E-state index contributed by atoms with van der Waals surface area (Å²) in [5.74, 6) is 0. The van der Waals surface area contributed by atoms with Crippen LogP contribution < -0.4 is 5.32 Å². The van der Waals surface area contributed by atoms with Gasteiger partial charge in [-0.1, -0.05) is 11.6 Å². The molecule has 0 saturated carbocycles. The zero-order chi connectivity index (χ0) is 11.5. The van der Waals surface area contributed by atoms with Crippen LogP contribution in [0.15, 0.2) is 11.4 Å². The molecule has 2 unspecified atom stereocenters. The van der Waals surface area contributed by atoms with Crippen molar-refractivity contribution in [2.24, 2.45) is 0 Å². The molecule has 4 heteroatoms. The normalized spacial score (nSPS) is 23.6. The second-order valence-corrected chi connectivity index (χ2v) is 6.07. The van der Waals surface area contributed by atoms with Crippen LogP contribution in [0.2, 0.25) is 4.34 Å². The third kappa shape index (κ3) is 2.77. The van der Waals surface area contributed by atoms with Gasteiger partial charge in [-0.05, 0) is 50.4 Å². The molecule has 0 spiro atoms.